The molecule has 2 unspecified atom stereocenters. The Balaban J connectivity index is 1.77. The van der Waals surface area contributed by atoms with E-state index in [2.05, 4.69) is 22.6 Å². The van der Waals surface area contributed by atoms with Crippen LogP contribution >= 0.6 is 0 Å². The largest absolute Gasteiger partial charge is 0.476 e. The lowest BCUT2D eigenvalue weighted by molar-refractivity contribution is 0.0690. The molecule has 1 aliphatic rings. The first-order valence-electron chi connectivity index (χ1n) is 7.07. The van der Waals surface area contributed by atoms with E-state index in [1.54, 1.807) is 4.68 Å². The van der Waals surface area contributed by atoms with Crippen LogP contribution in [0.3, 0.4) is 0 Å². The first-order valence-corrected chi connectivity index (χ1v) is 7.07. The number of carboxylic acids is 1. The predicted molar refractivity (Wildman–Crippen MR) is 71.0 cm³/mol. The maximum atomic E-state index is 10.7. The molecule has 1 aliphatic carbocycles. The zero-order valence-electron chi connectivity index (χ0n) is 11.4. The Morgan fingerprint density at radius 3 is 3.00 bits per heavy atom. The summed E-state index contributed by atoms with van der Waals surface area (Å²) in [5.74, 6) is -0.253. The molecule has 106 valence electrons. The number of nitrogens with zero attached hydrogens (tertiary/aromatic N) is 3. The third-order valence-electron chi connectivity index (χ3n) is 3.94. The fraction of sp³-hybridized carbons (Fsp3) is 0.769. The fourth-order valence-electron chi connectivity index (χ4n) is 2.84. The summed E-state index contributed by atoms with van der Waals surface area (Å²) >= 11 is 0. The average molecular weight is 266 g/mol. The van der Waals surface area contributed by atoms with Gasteiger partial charge in [-0.25, -0.2) is 4.79 Å². The first-order chi connectivity index (χ1) is 9.20. The van der Waals surface area contributed by atoms with E-state index in [1.165, 1.54) is 38.3 Å². The Bertz CT molecular complexity index is 419. The monoisotopic (exact) mass is 266 g/mol. The van der Waals surface area contributed by atoms with Gasteiger partial charge in [-0.3, -0.25) is 4.68 Å². The van der Waals surface area contributed by atoms with E-state index >= 15 is 0 Å². The molecule has 6 nitrogen and oxygen atoms in total. The van der Waals surface area contributed by atoms with Crippen molar-refractivity contribution in [2.45, 2.75) is 51.6 Å². The first kappa shape index (κ1) is 14.0. The van der Waals surface area contributed by atoms with Gasteiger partial charge in [0.25, 0.3) is 0 Å². The highest BCUT2D eigenvalue weighted by molar-refractivity contribution is 5.84. The Morgan fingerprint density at radius 1 is 1.53 bits per heavy atom. The zero-order chi connectivity index (χ0) is 13.7. The van der Waals surface area contributed by atoms with Gasteiger partial charge in [-0.05, 0) is 18.8 Å². The summed E-state index contributed by atoms with van der Waals surface area (Å²) in [6, 6.07) is 0.598. The number of aromatic carboxylic acids is 1. The minimum Gasteiger partial charge on any atom is -0.476 e. The molecule has 0 bridgehead atoms. The molecule has 0 saturated heterocycles. The van der Waals surface area contributed by atoms with E-state index in [1.807, 2.05) is 0 Å². The van der Waals surface area contributed by atoms with E-state index in [9.17, 15) is 4.79 Å². The highest BCUT2D eigenvalue weighted by Crippen LogP contribution is 2.26. The Morgan fingerprint density at radius 2 is 2.32 bits per heavy atom. The molecular formula is C13H22N4O2. The zero-order valence-corrected chi connectivity index (χ0v) is 11.4. The number of aromatic nitrogens is 3. The lowest BCUT2D eigenvalue weighted by Gasteiger charge is -2.31. The van der Waals surface area contributed by atoms with Gasteiger partial charge in [0.2, 0.25) is 0 Å². The van der Waals surface area contributed by atoms with Crippen LogP contribution < -0.4 is 5.32 Å². The summed E-state index contributed by atoms with van der Waals surface area (Å²) in [6.07, 6.45) is 7.92. The van der Waals surface area contributed by atoms with Gasteiger partial charge in [0.15, 0.2) is 5.69 Å². The molecule has 1 aromatic rings. The molecule has 2 N–H and O–H groups in total. The van der Waals surface area contributed by atoms with Crippen molar-refractivity contribution in [1.29, 1.82) is 0 Å². The summed E-state index contributed by atoms with van der Waals surface area (Å²) in [4.78, 5) is 10.7. The molecule has 0 amide bonds. The van der Waals surface area contributed by atoms with Crippen LogP contribution in [0.2, 0.25) is 0 Å². The molecule has 1 heterocycles. The molecule has 0 aromatic carbocycles. The van der Waals surface area contributed by atoms with Crippen LogP contribution in [0.1, 0.15) is 49.5 Å². The molecule has 0 aliphatic heterocycles. The second-order valence-electron chi connectivity index (χ2n) is 5.19. The topological polar surface area (TPSA) is 80.0 Å². The van der Waals surface area contributed by atoms with E-state index in [0.717, 1.165) is 12.5 Å². The van der Waals surface area contributed by atoms with Crippen molar-refractivity contribution in [3.63, 3.8) is 0 Å². The number of nitrogens with one attached hydrogen (secondary N) is 1. The standard InChI is InChI=1S/C13H22N4O2/c1-2-10-5-3-4-6-11(10)14-7-8-17-9-12(13(18)19)15-16-17/h9-11,14H,2-8H2,1H3,(H,18,19). The summed E-state index contributed by atoms with van der Waals surface area (Å²) in [5, 5.41) is 19.7. The van der Waals surface area contributed by atoms with Gasteiger partial charge in [-0.15, -0.1) is 5.10 Å². The second-order valence-corrected chi connectivity index (χ2v) is 5.19. The van der Waals surface area contributed by atoms with Gasteiger partial charge in [-0.2, -0.15) is 0 Å². The van der Waals surface area contributed by atoms with Crippen LogP contribution in [0, 0.1) is 5.92 Å². The molecule has 1 saturated carbocycles. The van der Waals surface area contributed by atoms with Crippen molar-refractivity contribution < 1.29 is 9.90 Å². The number of hydrogen-bond acceptors (Lipinski definition) is 4. The molecule has 0 spiro atoms. The smallest absolute Gasteiger partial charge is 0.358 e. The number of carbonyl (C=O) groups is 1. The minimum absolute atomic E-state index is 0.00380. The van der Waals surface area contributed by atoms with Gasteiger partial charge in [-0.1, -0.05) is 31.4 Å². The maximum absolute atomic E-state index is 10.7. The van der Waals surface area contributed by atoms with Crippen molar-refractivity contribution in [3.8, 4) is 0 Å². The van der Waals surface area contributed by atoms with Crippen molar-refractivity contribution in [3.05, 3.63) is 11.9 Å². The molecular weight excluding hydrogens is 244 g/mol. The summed E-state index contributed by atoms with van der Waals surface area (Å²) in [6.45, 7) is 3.72. The van der Waals surface area contributed by atoms with Crippen LogP contribution in [0.25, 0.3) is 0 Å². The van der Waals surface area contributed by atoms with Crippen molar-refractivity contribution in [1.82, 2.24) is 20.3 Å². The SMILES string of the molecule is CCC1CCCCC1NCCn1cc(C(=O)O)nn1. The molecule has 1 fully saturated rings. The van der Waals surface area contributed by atoms with Crippen LogP contribution in [-0.2, 0) is 6.54 Å². The summed E-state index contributed by atoms with van der Waals surface area (Å²) in [7, 11) is 0. The maximum Gasteiger partial charge on any atom is 0.358 e. The molecule has 19 heavy (non-hydrogen) atoms. The molecule has 1 aromatic heterocycles. The molecule has 6 heteroatoms. The normalized spacial score (nSPS) is 23.4. The lowest BCUT2D eigenvalue weighted by atomic mass is 9.83. The highest BCUT2D eigenvalue weighted by atomic mass is 16.4. The second kappa shape index (κ2) is 6.65. The van der Waals surface area contributed by atoms with Gasteiger partial charge >= 0.3 is 5.97 Å². The molecule has 0 radical (unpaired) electrons. The van der Waals surface area contributed by atoms with E-state index in [0.29, 0.717) is 12.6 Å². The fourth-order valence-corrected chi connectivity index (χ4v) is 2.84. The van der Waals surface area contributed by atoms with E-state index < -0.39 is 5.97 Å². The van der Waals surface area contributed by atoms with Crippen LogP contribution in [0.4, 0.5) is 0 Å². The van der Waals surface area contributed by atoms with Crippen LogP contribution in [-0.4, -0.2) is 38.7 Å². The van der Waals surface area contributed by atoms with Crippen molar-refractivity contribution in [2.75, 3.05) is 6.54 Å². The molecule has 2 atom stereocenters. The third kappa shape index (κ3) is 3.76. The van der Waals surface area contributed by atoms with Gasteiger partial charge in [0.05, 0.1) is 12.7 Å². The van der Waals surface area contributed by atoms with E-state index in [4.69, 9.17) is 5.11 Å². The van der Waals surface area contributed by atoms with Crippen LogP contribution in [0.15, 0.2) is 6.20 Å². The highest BCUT2D eigenvalue weighted by Gasteiger charge is 2.22. The van der Waals surface area contributed by atoms with E-state index in [-0.39, 0.29) is 5.69 Å². The van der Waals surface area contributed by atoms with Crippen LogP contribution in [0.5, 0.6) is 0 Å². The third-order valence-corrected chi connectivity index (χ3v) is 3.94. The van der Waals surface area contributed by atoms with Crippen molar-refractivity contribution >= 4 is 5.97 Å². The predicted octanol–water partition coefficient (Wildman–Crippen LogP) is 1.53. The van der Waals surface area contributed by atoms with Gasteiger partial charge in [0.1, 0.15) is 0 Å². The number of hydrogen-bond donors (Lipinski definition) is 2. The number of rotatable bonds is 6. The minimum atomic E-state index is -1.03. The Kier molecular flexibility index (Phi) is 4.90. The van der Waals surface area contributed by atoms with Crippen molar-refractivity contribution in [2.24, 2.45) is 5.92 Å². The lowest BCUT2D eigenvalue weighted by Crippen LogP contribution is -2.39. The summed E-state index contributed by atoms with van der Waals surface area (Å²) < 4.78 is 1.58. The Hall–Kier alpha value is -1.43. The quantitative estimate of drug-likeness (QED) is 0.816. The number of carboxylic acid groups (broad SMARTS) is 1. The molecule has 2 rings (SSSR count). The van der Waals surface area contributed by atoms with Gasteiger partial charge < -0.3 is 10.4 Å². The Labute approximate surface area is 113 Å². The van der Waals surface area contributed by atoms with Gasteiger partial charge in [0, 0.05) is 12.6 Å². The summed E-state index contributed by atoms with van der Waals surface area (Å²) in [5.41, 5.74) is 0.00380. The average Bonchev–Trinajstić information content (AvgIpc) is 2.88.